The van der Waals surface area contributed by atoms with Gasteiger partial charge in [-0.15, -0.1) is 0 Å². The van der Waals surface area contributed by atoms with E-state index in [4.69, 9.17) is 0 Å². The predicted molar refractivity (Wildman–Crippen MR) is 126 cm³/mol. The maximum atomic E-state index is 13.2. The zero-order chi connectivity index (χ0) is 23.2. The average molecular weight is 446 g/mol. The van der Waals surface area contributed by atoms with Crippen LogP contribution in [0.15, 0.2) is 66.7 Å². The van der Waals surface area contributed by atoms with Gasteiger partial charge >= 0.3 is 0 Å². The molecule has 1 fully saturated rings. The van der Waals surface area contributed by atoms with E-state index in [1.54, 1.807) is 24.3 Å². The number of likely N-dealkylation sites (tertiary alicyclic amines) is 1. The molecule has 1 unspecified atom stereocenters. The van der Waals surface area contributed by atoms with Crippen molar-refractivity contribution < 1.29 is 19.5 Å². The van der Waals surface area contributed by atoms with Crippen molar-refractivity contribution in [1.29, 1.82) is 0 Å². The second-order valence-corrected chi connectivity index (χ2v) is 8.14. The van der Waals surface area contributed by atoms with Gasteiger partial charge in [0.05, 0.1) is 5.56 Å². The number of carbonyl (C=O) groups is 3. The second-order valence-electron chi connectivity index (χ2n) is 8.14. The van der Waals surface area contributed by atoms with Crippen LogP contribution in [0, 0.1) is 0 Å². The Bertz CT molecular complexity index is 1160. The summed E-state index contributed by atoms with van der Waals surface area (Å²) in [6, 6.07) is 19.7. The molecule has 3 aromatic rings. The van der Waals surface area contributed by atoms with E-state index in [9.17, 15) is 19.5 Å². The molecule has 1 atom stereocenters. The van der Waals surface area contributed by atoms with Crippen LogP contribution in [-0.2, 0) is 16.1 Å². The Labute approximate surface area is 192 Å². The van der Waals surface area contributed by atoms with E-state index in [0.717, 1.165) is 10.9 Å². The molecule has 0 spiro atoms. The van der Waals surface area contributed by atoms with Crippen LogP contribution in [-0.4, -0.2) is 46.9 Å². The highest BCUT2D eigenvalue weighted by Crippen LogP contribution is 2.31. The number of phenols is 1. The van der Waals surface area contributed by atoms with Crippen molar-refractivity contribution in [3.8, 4) is 5.75 Å². The number of hydrogen-bond donors (Lipinski definition) is 3. The van der Waals surface area contributed by atoms with Crippen molar-refractivity contribution in [2.45, 2.75) is 31.8 Å². The first-order chi connectivity index (χ1) is 16.0. The third-order valence-corrected chi connectivity index (χ3v) is 5.93. The fourth-order valence-electron chi connectivity index (χ4n) is 4.17. The normalized spacial score (nSPS) is 15.4. The standard InChI is InChI=1S/C26H27N3O4/c30-23(28-17-18-7-2-1-3-8-18)14-15-27-25(32)22-11-6-16-29(22)26(33)21-13-12-19-9-4-5-10-20(19)24(21)31/h1-5,7-10,12-13,22,31H,6,11,14-17H2,(H,27,32)(H,28,30). The predicted octanol–water partition coefficient (Wildman–Crippen LogP) is 2.97. The molecule has 1 aliphatic rings. The number of hydrogen-bond acceptors (Lipinski definition) is 4. The molecule has 0 aromatic heterocycles. The van der Waals surface area contributed by atoms with Crippen molar-refractivity contribution in [3.05, 3.63) is 77.9 Å². The summed E-state index contributed by atoms with van der Waals surface area (Å²) in [7, 11) is 0. The third kappa shape index (κ3) is 5.14. The van der Waals surface area contributed by atoms with Crippen LogP contribution in [0.2, 0.25) is 0 Å². The summed E-state index contributed by atoms with van der Waals surface area (Å²) in [5.41, 5.74) is 1.20. The Morgan fingerprint density at radius 3 is 2.52 bits per heavy atom. The number of fused-ring (bicyclic) bond motifs is 1. The number of nitrogens with one attached hydrogen (secondary N) is 2. The lowest BCUT2D eigenvalue weighted by Crippen LogP contribution is -2.46. The zero-order valence-electron chi connectivity index (χ0n) is 18.3. The Hall–Kier alpha value is -3.87. The lowest BCUT2D eigenvalue weighted by Gasteiger charge is -2.24. The van der Waals surface area contributed by atoms with Crippen LogP contribution in [0.4, 0.5) is 0 Å². The summed E-state index contributed by atoms with van der Waals surface area (Å²) in [6.45, 7) is 1.08. The van der Waals surface area contributed by atoms with E-state index in [1.165, 1.54) is 4.90 Å². The Kier molecular flexibility index (Phi) is 6.88. The average Bonchev–Trinajstić information content (AvgIpc) is 3.34. The summed E-state index contributed by atoms with van der Waals surface area (Å²) >= 11 is 0. The second kappa shape index (κ2) is 10.2. The molecule has 1 saturated heterocycles. The number of benzene rings is 3. The van der Waals surface area contributed by atoms with Gasteiger partial charge in [-0.25, -0.2) is 0 Å². The van der Waals surface area contributed by atoms with Crippen LogP contribution in [0.3, 0.4) is 0 Å². The van der Waals surface area contributed by atoms with E-state index in [2.05, 4.69) is 10.6 Å². The van der Waals surface area contributed by atoms with Crippen LogP contribution < -0.4 is 10.6 Å². The van der Waals surface area contributed by atoms with Gasteiger partial charge in [-0.1, -0.05) is 60.7 Å². The molecular weight excluding hydrogens is 418 g/mol. The molecule has 170 valence electrons. The summed E-state index contributed by atoms with van der Waals surface area (Å²) in [6.07, 6.45) is 1.41. The summed E-state index contributed by atoms with van der Waals surface area (Å²) in [5, 5.41) is 17.7. The number of rotatable bonds is 7. The van der Waals surface area contributed by atoms with Crippen molar-refractivity contribution in [3.63, 3.8) is 0 Å². The fourth-order valence-corrected chi connectivity index (χ4v) is 4.17. The number of aromatic hydroxyl groups is 1. The van der Waals surface area contributed by atoms with Gasteiger partial charge < -0.3 is 20.6 Å². The van der Waals surface area contributed by atoms with E-state index in [0.29, 0.717) is 31.3 Å². The van der Waals surface area contributed by atoms with Gasteiger partial charge in [0.25, 0.3) is 5.91 Å². The molecule has 1 aliphatic heterocycles. The first-order valence-corrected chi connectivity index (χ1v) is 11.1. The highest BCUT2D eigenvalue weighted by molar-refractivity contribution is 6.05. The van der Waals surface area contributed by atoms with Crippen LogP contribution in [0.5, 0.6) is 5.75 Å². The lowest BCUT2D eigenvalue weighted by atomic mass is 10.0. The minimum Gasteiger partial charge on any atom is -0.506 e. The molecule has 7 heteroatoms. The quantitative estimate of drug-likeness (QED) is 0.521. The van der Waals surface area contributed by atoms with E-state index in [1.807, 2.05) is 42.5 Å². The largest absolute Gasteiger partial charge is 0.506 e. The molecule has 3 amide bonds. The maximum absolute atomic E-state index is 13.2. The smallest absolute Gasteiger partial charge is 0.258 e. The van der Waals surface area contributed by atoms with Gasteiger partial charge in [0.1, 0.15) is 11.8 Å². The molecule has 33 heavy (non-hydrogen) atoms. The van der Waals surface area contributed by atoms with Crippen molar-refractivity contribution in [2.24, 2.45) is 0 Å². The van der Waals surface area contributed by atoms with Gasteiger partial charge in [0.15, 0.2) is 0 Å². The number of amides is 3. The summed E-state index contributed by atoms with van der Waals surface area (Å²) in [4.78, 5) is 39.5. The van der Waals surface area contributed by atoms with E-state index in [-0.39, 0.29) is 42.0 Å². The number of nitrogens with zero attached hydrogens (tertiary/aromatic N) is 1. The topological polar surface area (TPSA) is 98.7 Å². The first-order valence-electron chi connectivity index (χ1n) is 11.1. The van der Waals surface area contributed by atoms with Gasteiger partial charge in [-0.05, 0) is 29.9 Å². The third-order valence-electron chi connectivity index (χ3n) is 5.93. The molecule has 0 bridgehead atoms. The van der Waals surface area contributed by atoms with Gasteiger partial charge in [-0.3, -0.25) is 14.4 Å². The van der Waals surface area contributed by atoms with E-state index >= 15 is 0 Å². The molecule has 0 radical (unpaired) electrons. The molecule has 1 heterocycles. The molecule has 3 N–H and O–H groups in total. The monoisotopic (exact) mass is 445 g/mol. The number of carbonyl (C=O) groups excluding carboxylic acids is 3. The van der Waals surface area contributed by atoms with Crippen molar-refractivity contribution >= 4 is 28.5 Å². The minimum absolute atomic E-state index is 0.0701. The summed E-state index contributed by atoms with van der Waals surface area (Å²) in [5.74, 6) is -0.868. The Morgan fingerprint density at radius 1 is 0.939 bits per heavy atom. The molecule has 4 rings (SSSR count). The van der Waals surface area contributed by atoms with E-state index < -0.39 is 6.04 Å². The zero-order valence-corrected chi connectivity index (χ0v) is 18.3. The van der Waals surface area contributed by atoms with Gasteiger partial charge in [-0.2, -0.15) is 0 Å². The molecule has 7 nitrogen and oxygen atoms in total. The Balaban J connectivity index is 1.32. The minimum atomic E-state index is -0.615. The lowest BCUT2D eigenvalue weighted by molar-refractivity contribution is -0.125. The highest BCUT2D eigenvalue weighted by Gasteiger charge is 2.35. The van der Waals surface area contributed by atoms with Gasteiger partial charge in [0, 0.05) is 31.4 Å². The fraction of sp³-hybridized carbons (Fsp3) is 0.269. The number of phenolic OH excluding ortho intramolecular Hbond substituents is 1. The summed E-state index contributed by atoms with van der Waals surface area (Å²) < 4.78 is 0. The SMILES string of the molecule is O=C(CCNC(=O)C1CCCN1C(=O)c1ccc2ccccc2c1O)NCc1ccccc1. The molecule has 0 aliphatic carbocycles. The Morgan fingerprint density at radius 2 is 1.70 bits per heavy atom. The van der Waals surface area contributed by atoms with Crippen LogP contribution >= 0.6 is 0 Å². The van der Waals surface area contributed by atoms with Gasteiger partial charge in [0.2, 0.25) is 11.8 Å². The molecule has 0 saturated carbocycles. The van der Waals surface area contributed by atoms with Crippen molar-refractivity contribution in [2.75, 3.05) is 13.1 Å². The highest BCUT2D eigenvalue weighted by atomic mass is 16.3. The van der Waals surface area contributed by atoms with Crippen molar-refractivity contribution in [1.82, 2.24) is 15.5 Å². The molecule has 3 aromatic carbocycles. The molecular formula is C26H27N3O4. The first kappa shape index (κ1) is 22.3. The van der Waals surface area contributed by atoms with Crippen LogP contribution in [0.25, 0.3) is 10.8 Å². The van der Waals surface area contributed by atoms with Crippen LogP contribution in [0.1, 0.15) is 35.2 Å². The maximum Gasteiger partial charge on any atom is 0.258 e.